The highest BCUT2D eigenvalue weighted by atomic mass is 79.9. The van der Waals surface area contributed by atoms with Gasteiger partial charge in [-0.25, -0.2) is 4.98 Å². The summed E-state index contributed by atoms with van der Waals surface area (Å²) in [6.07, 6.45) is 0. The minimum Gasteiger partial charge on any atom is -0.351 e. The van der Waals surface area contributed by atoms with Crippen LogP contribution >= 0.6 is 39.1 Å². The van der Waals surface area contributed by atoms with E-state index in [-0.39, 0.29) is 5.28 Å². The fourth-order valence-electron chi connectivity index (χ4n) is 2.45. The molecule has 2 heterocycles. The Hall–Kier alpha value is -0.620. The third-order valence-electron chi connectivity index (χ3n) is 3.46. The van der Waals surface area contributed by atoms with Gasteiger partial charge in [0.2, 0.25) is 5.28 Å². The van der Waals surface area contributed by atoms with Crippen molar-refractivity contribution < 1.29 is 0 Å². The summed E-state index contributed by atoms with van der Waals surface area (Å²) in [5.41, 5.74) is 0.794. The normalized spacial score (nSPS) is 19.6. The Kier molecular flexibility index (Phi) is 4.04. The first-order chi connectivity index (χ1) is 9.56. The largest absolute Gasteiger partial charge is 0.351 e. The fourth-order valence-corrected chi connectivity index (χ4v) is 3.12. The van der Waals surface area contributed by atoms with Crippen LogP contribution in [0.4, 0.5) is 5.82 Å². The molecule has 1 aliphatic heterocycles. The van der Waals surface area contributed by atoms with Gasteiger partial charge in [0.25, 0.3) is 0 Å². The molecule has 0 spiro atoms. The van der Waals surface area contributed by atoms with Crippen LogP contribution in [0.5, 0.6) is 0 Å². The summed E-state index contributed by atoms with van der Waals surface area (Å²) in [5, 5.41) is 5.20. The smallest absolute Gasteiger partial charge is 0.224 e. The number of piperazine rings is 1. The van der Waals surface area contributed by atoms with Crippen molar-refractivity contribution in [2.24, 2.45) is 0 Å². The van der Waals surface area contributed by atoms with E-state index in [0.717, 1.165) is 40.8 Å². The fraction of sp³-hybridized carbons (Fsp3) is 0.385. The van der Waals surface area contributed by atoms with Crippen LogP contribution in [0.15, 0.2) is 16.6 Å². The zero-order valence-corrected chi connectivity index (χ0v) is 13.9. The van der Waals surface area contributed by atoms with Gasteiger partial charge in [0.05, 0.1) is 10.5 Å². The summed E-state index contributed by atoms with van der Waals surface area (Å²) in [4.78, 5) is 11.0. The second kappa shape index (κ2) is 5.64. The van der Waals surface area contributed by atoms with Gasteiger partial charge in [-0.2, -0.15) is 4.98 Å². The van der Waals surface area contributed by atoms with E-state index in [1.807, 2.05) is 12.1 Å². The van der Waals surface area contributed by atoms with Crippen molar-refractivity contribution in [3.63, 3.8) is 0 Å². The lowest BCUT2D eigenvalue weighted by Crippen LogP contribution is -2.50. The zero-order valence-electron chi connectivity index (χ0n) is 10.8. The maximum Gasteiger partial charge on any atom is 0.224 e. The summed E-state index contributed by atoms with van der Waals surface area (Å²) in [6, 6.07) is 4.11. The molecule has 20 heavy (non-hydrogen) atoms. The Labute approximate surface area is 135 Å². The standard InChI is InChI=1S/C13H13BrCl2N4/c1-7-6-17-2-3-20(7)12-8-4-10(15)9(14)5-11(8)18-13(16)19-12/h4-5,7,17H,2-3,6H2,1H3/t7-/m0/s1. The molecule has 2 aromatic rings. The van der Waals surface area contributed by atoms with E-state index < -0.39 is 0 Å². The summed E-state index contributed by atoms with van der Waals surface area (Å²) in [7, 11) is 0. The first-order valence-electron chi connectivity index (χ1n) is 6.36. The number of nitrogens with one attached hydrogen (secondary N) is 1. The molecule has 0 bridgehead atoms. The number of rotatable bonds is 1. The van der Waals surface area contributed by atoms with Crippen molar-refractivity contribution in [1.82, 2.24) is 15.3 Å². The molecule has 0 unspecified atom stereocenters. The third-order valence-corrected chi connectivity index (χ3v) is 4.83. The van der Waals surface area contributed by atoms with E-state index in [1.54, 1.807) is 0 Å². The Morgan fingerprint density at radius 1 is 1.35 bits per heavy atom. The molecule has 7 heteroatoms. The van der Waals surface area contributed by atoms with Gasteiger partial charge in [-0.3, -0.25) is 0 Å². The van der Waals surface area contributed by atoms with Gasteiger partial charge >= 0.3 is 0 Å². The average Bonchev–Trinajstić information content (AvgIpc) is 2.41. The van der Waals surface area contributed by atoms with Gasteiger partial charge < -0.3 is 10.2 Å². The number of aromatic nitrogens is 2. The zero-order chi connectivity index (χ0) is 14.3. The monoisotopic (exact) mass is 374 g/mol. The third kappa shape index (κ3) is 2.60. The first kappa shape index (κ1) is 14.3. The topological polar surface area (TPSA) is 41.0 Å². The minimum absolute atomic E-state index is 0.257. The van der Waals surface area contributed by atoms with Crippen LogP contribution in [0.1, 0.15) is 6.92 Å². The van der Waals surface area contributed by atoms with Gasteiger partial charge in [0.15, 0.2) is 0 Å². The molecule has 0 saturated carbocycles. The molecule has 1 aromatic carbocycles. The van der Waals surface area contributed by atoms with E-state index in [1.165, 1.54) is 0 Å². The van der Waals surface area contributed by atoms with Crippen molar-refractivity contribution in [2.45, 2.75) is 13.0 Å². The molecule has 1 aliphatic rings. The van der Waals surface area contributed by atoms with Crippen LogP contribution < -0.4 is 10.2 Å². The van der Waals surface area contributed by atoms with E-state index in [0.29, 0.717) is 11.1 Å². The van der Waals surface area contributed by atoms with Gasteiger partial charge in [-0.15, -0.1) is 0 Å². The van der Waals surface area contributed by atoms with Gasteiger partial charge in [0, 0.05) is 35.5 Å². The summed E-state index contributed by atoms with van der Waals surface area (Å²) < 4.78 is 0.806. The van der Waals surface area contributed by atoms with Crippen LogP contribution in [0.3, 0.4) is 0 Å². The maximum atomic E-state index is 6.21. The predicted molar refractivity (Wildman–Crippen MR) is 86.9 cm³/mol. The molecule has 0 aliphatic carbocycles. The molecule has 1 atom stereocenters. The van der Waals surface area contributed by atoms with Gasteiger partial charge in [0.1, 0.15) is 5.82 Å². The quantitative estimate of drug-likeness (QED) is 0.774. The van der Waals surface area contributed by atoms with E-state index in [9.17, 15) is 0 Å². The predicted octanol–water partition coefficient (Wildman–Crippen LogP) is 3.50. The molecule has 1 N–H and O–H groups in total. The number of anilines is 1. The number of benzene rings is 1. The van der Waals surface area contributed by atoms with Crippen LogP contribution in [0, 0.1) is 0 Å². The highest BCUT2D eigenvalue weighted by Gasteiger charge is 2.22. The highest BCUT2D eigenvalue weighted by molar-refractivity contribution is 9.10. The Morgan fingerprint density at radius 3 is 2.90 bits per heavy atom. The number of hydrogen-bond acceptors (Lipinski definition) is 4. The van der Waals surface area contributed by atoms with Crippen molar-refractivity contribution in [2.75, 3.05) is 24.5 Å². The molecule has 0 radical (unpaired) electrons. The second-order valence-corrected chi connectivity index (χ2v) is 6.45. The molecule has 1 fully saturated rings. The van der Waals surface area contributed by atoms with E-state index in [2.05, 4.69) is 43.0 Å². The van der Waals surface area contributed by atoms with Crippen LogP contribution in [0.25, 0.3) is 10.9 Å². The number of nitrogens with zero attached hydrogens (tertiary/aromatic N) is 3. The highest BCUT2D eigenvalue weighted by Crippen LogP contribution is 2.33. The molecule has 0 amide bonds. The Morgan fingerprint density at radius 2 is 2.15 bits per heavy atom. The number of fused-ring (bicyclic) bond motifs is 1. The van der Waals surface area contributed by atoms with Crippen molar-refractivity contribution in [1.29, 1.82) is 0 Å². The van der Waals surface area contributed by atoms with Crippen LogP contribution in [-0.2, 0) is 0 Å². The van der Waals surface area contributed by atoms with Gasteiger partial charge in [-0.1, -0.05) is 11.6 Å². The van der Waals surface area contributed by atoms with E-state index >= 15 is 0 Å². The Bertz CT molecular complexity index is 664. The van der Waals surface area contributed by atoms with Gasteiger partial charge in [-0.05, 0) is 46.6 Å². The number of hydrogen-bond donors (Lipinski definition) is 1. The summed E-state index contributed by atoms with van der Waals surface area (Å²) in [6.45, 7) is 4.90. The maximum absolute atomic E-state index is 6.21. The van der Waals surface area contributed by atoms with Crippen molar-refractivity contribution >= 4 is 55.9 Å². The van der Waals surface area contributed by atoms with Crippen molar-refractivity contribution in [3.8, 4) is 0 Å². The molecule has 4 nitrogen and oxygen atoms in total. The molecular formula is C13H13BrCl2N4. The number of halogens is 3. The summed E-state index contributed by atoms with van der Waals surface area (Å²) in [5.74, 6) is 0.850. The van der Waals surface area contributed by atoms with Crippen LogP contribution in [-0.4, -0.2) is 35.6 Å². The molecule has 1 saturated heterocycles. The second-order valence-electron chi connectivity index (χ2n) is 4.85. The van der Waals surface area contributed by atoms with Crippen molar-refractivity contribution in [3.05, 3.63) is 26.9 Å². The lowest BCUT2D eigenvalue weighted by atomic mass is 10.1. The lowest BCUT2D eigenvalue weighted by Gasteiger charge is -2.35. The molecule has 1 aromatic heterocycles. The first-order valence-corrected chi connectivity index (χ1v) is 7.91. The average molecular weight is 376 g/mol. The molecular weight excluding hydrogens is 363 g/mol. The van der Waals surface area contributed by atoms with Crippen LogP contribution in [0.2, 0.25) is 10.3 Å². The summed E-state index contributed by atoms with van der Waals surface area (Å²) >= 11 is 15.7. The molecule has 106 valence electrons. The Balaban J connectivity index is 2.20. The lowest BCUT2D eigenvalue weighted by molar-refractivity contribution is 0.498. The minimum atomic E-state index is 0.257. The SMILES string of the molecule is C[C@H]1CNCCN1c1nc(Cl)nc2cc(Br)c(Cl)cc12. The molecule has 3 rings (SSSR count). The van der Waals surface area contributed by atoms with E-state index in [4.69, 9.17) is 23.2 Å².